The summed E-state index contributed by atoms with van der Waals surface area (Å²) in [7, 11) is 3.21. The SMILES string of the molecule is Cc1nc(CNc2nc(N(C)C)cc(C(F)(F)F)n2)ccc1[C@H](C)O. The summed E-state index contributed by atoms with van der Waals surface area (Å²) in [5, 5.41) is 12.4. The number of hydrogen-bond acceptors (Lipinski definition) is 6. The van der Waals surface area contributed by atoms with Gasteiger partial charge < -0.3 is 15.3 Å². The molecule has 0 radical (unpaired) electrons. The second-order valence-corrected chi connectivity index (χ2v) is 5.83. The summed E-state index contributed by atoms with van der Waals surface area (Å²) in [5.74, 6) is 0.0241. The Labute approximate surface area is 143 Å². The van der Waals surface area contributed by atoms with Gasteiger partial charge in [0.25, 0.3) is 0 Å². The Hall–Kier alpha value is -2.42. The number of alkyl halides is 3. The average Bonchev–Trinajstić information content (AvgIpc) is 2.51. The maximum atomic E-state index is 13.0. The van der Waals surface area contributed by atoms with Gasteiger partial charge in [0, 0.05) is 31.4 Å². The quantitative estimate of drug-likeness (QED) is 0.859. The summed E-state index contributed by atoms with van der Waals surface area (Å²) in [6, 6.07) is 4.33. The number of hydrogen-bond donors (Lipinski definition) is 2. The minimum Gasteiger partial charge on any atom is -0.389 e. The number of rotatable bonds is 5. The number of anilines is 2. The van der Waals surface area contributed by atoms with E-state index in [9.17, 15) is 18.3 Å². The monoisotopic (exact) mass is 355 g/mol. The van der Waals surface area contributed by atoms with Crippen molar-refractivity contribution in [1.82, 2.24) is 15.0 Å². The molecule has 9 heteroatoms. The van der Waals surface area contributed by atoms with Gasteiger partial charge in [-0.1, -0.05) is 6.07 Å². The van der Waals surface area contributed by atoms with Gasteiger partial charge in [-0.05, 0) is 19.9 Å². The van der Waals surface area contributed by atoms with Gasteiger partial charge in [0.1, 0.15) is 5.82 Å². The molecule has 2 heterocycles. The number of nitrogens with zero attached hydrogens (tertiary/aromatic N) is 4. The predicted molar refractivity (Wildman–Crippen MR) is 88.3 cm³/mol. The van der Waals surface area contributed by atoms with Crippen LogP contribution >= 0.6 is 0 Å². The summed E-state index contributed by atoms with van der Waals surface area (Å²) in [4.78, 5) is 13.4. The Bertz CT molecular complexity index is 747. The van der Waals surface area contributed by atoms with E-state index in [0.717, 1.165) is 6.07 Å². The molecule has 25 heavy (non-hydrogen) atoms. The van der Waals surface area contributed by atoms with Crippen LogP contribution in [0.3, 0.4) is 0 Å². The maximum Gasteiger partial charge on any atom is 0.433 e. The second kappa shape index (κ2) is 7.22. The lowest BCUT2D eigenvalue weighted by atomic mass is 10.1. The van der Waals surface area contributed by atoms with Crippen molar-refractivity contribution in [3.05, 3.63) is 40.8 Å². The molecule has 0 aliphatic rings. The van der Waals surface area contributed by atoms with Gasteiger partial charge in [0.05, 0.1) is 18.3 Å². The zero-order chi connectivity index (χ0) is 18.8. The van der Waals surface area contributed by atoms with Gasteiger partial charge >= 0.3 is 6.18 Å². The van der Waals surface area contributed by atoms with Crippen LogP contribution < -0.4 is 10.2 Å². The van der Waals surface area contributed by atoms with Crippen molar-refractivity contribution in [2.45, 2.75) is 32.7 Å². The summed E-state index contributed by atoms with van der Waals surface area (Å²) < 4.78 is 38.9. The van der Waals surface area contributed by atoms with E-state index < -0.39 is 18.0 Å². The van der Waals surface area contributed by atoms with E-state index in [0.29, 0.717) is 17.0 Å². The van der Waals surface area contributed by atoms with Crippen molar-refractivity contribution in [2.24, 2.45) is 0 Å². The van der Waals surface area contributed by atoms with Crippen LogP contribution in [0.5, 0.6) is 0 Å². The second-order valence-electron chi connectivity index (χ2n) is 5.83. The first-order chi connectivity index (χ1) is 11.6. The standard InChI is InChI=1S/C16H20F3N5O/c1-9-12(10(2)25)6-5-11(21-9)8-20-15-22-13(16(17,18)19)7-14(23-15)24(3)4/h5-7,10,25H,8H2,1-4H3,(H,20,22,23)/t10-/m0/s1. The van der Waals surface area contributed by atoms with Crippen LogP contribution in [0, 0.1) is 6.92 Å². The molecule has 0 aliphatic heterocycles. The van der Waals surface area contributed by atoms with E-state index in [2.05, 4.69) is 20.3 Å². The third-order valence-corrected chi connectivity index (χ3v) is 3.52. The molecule has 2 aromatic rings. The molecule has 2 N–H and O–H groups in total. The van der Waals surface area contributed by atoms with Crippen LogP contribution in [-0.4, -0.2) is 34.2 Å². The fraction of sp³-hybridized carbons (Fsp3) is 0.438. The summed E-state index contributed by atoms with van der Waals surface area (Å²) in [6.07, 6.45) is -5.19. The van der Waals surface area contributed by atoms with E-state index in [1.54, 1.807) is 40.1 Å². The first-order valence-electron chi connectivity index (χ1n) is 7.60. The largest absolute Gasteiger partial charge is 0.433 e. The van der Waals surface area contributed by atoms with Crippen LogP contribution in [0.15, 0.2) is 18.2 Å². The molecular weight excluding hydrogens is 335 g/mol. The molecule has 0 bridgehead atoms. The number of aliphatic hydroxyl groups is 1. The summed E-state index contributed by atoms with van der Waals surface area (Å²) in [6.45, 7) is 3.56. The molecule has 0 fully saturated rings. The Morgan fingerprint density at radius 1 is 1.20 bits per heavy atom. The van der Waals surface area contributed by atoms with Gasteiger partial charge in [-0.3, -0.25) is 4.98 Å². The highest BCUT2D eigenvalue weighted by Crippen LogP contribution is 2.30. The van der Waals surface area contributed by atoms with Gasteiger partial charge in [-0.2, -0.15) is 18.2 Å². The third-order valence-electron chi connectivity index (χ3n) is 3.52. The van der Waals surface area contributed by atoms with Gasteiger partial charge in [-0.25, -0.2) is 4.98 Å². The molecule has 0 aliphatic carbocycles. The van der Waals surface area contributed by atoms with E-state index in [-0.39, 0.29) is 18.3 Å². The van der Waals surface area contributed by atoms with Crippen LogP contribution in [0.1, 0.15) is 35.7 Å². The maximum absolute atomic E-state index is 13.0. The molecule has 0 saturated heterocycles. The van der Waals surface area contributed by atoms with E-state index >= 15 is 0 Å². The van der Waals surface area contributed by atoms with Gasteiger partial charge in [0.2, 0.25) is 5.95 Å². The number of aliphatic hydroxyl groups excluding tert-OH is 1. The fourth-order valence-electron chi connectivity index (χ4n) is 2.22. The minimum atomic E-state index is -4.56. The van der Waals surface area contributed by atoms with Crippen molar-refractivity contribution in [1.29, 1.82) is 0 Å². The molecule has 2 rings (SSSR count). The Kier molecular flexibility index (Phi) is 5.46. The van der Waals surface area contributed by atoms with E-state index in [4.69, 9.17) is 0 Å². The molecule has 0 spiro atoms. The minimum absolute atomic E-state index is 0.127. The molecule has 0 unspecified atom stereocenters. The molecule has 136 valence electrons. The van der Waals surface area contributed by atoms with Crippen molar-refractivity contribution in [3.63, 3.8) is 0 Å². The Morgan fingerprint density at radius 3 is 2.40 bits per heavy atom. The van der Waals surface area contributed by atoms with Crippen molar-refractivity contribution >= 4 is 11.8 Å². The van der Waals surface area contributed by atoms with Crippen LogP contribution in [-0.2, 0) is 12.7 Å². The number of nitrogens with one attached hydrogen (secondary N) is 1. The normalized spacial score (nSPS) is 12.8. The average molecular weight is 355 g/mol. The number of aryl methyl sites for hydroxylation is 1. The molecule has 0 amide bonds. The Balaban J connectivity index is 2.22. The molecule has 6 nitrogen and oxygen atoms in total. The van der Waals surface area contributed by atoms with Crippen molar-refractivity contribution in [2.75, 3.05) is 24.3 Å². The lowest BCUT2D eigenvalue weighted by Crippen LogP contribution is -2.17. The third kappa shape index (κ3) is 4.79. The first kappa shape index (κ1) is 18.9. The number of halogens is 3. The first-order valence-corrected chi connectivity index (χ1v) is 7.60. The predicted octanol–water partition coefficient (Wildman–Crippen LogP) is 2.93. The lowest BCUT2D eigenvalue weighted by molar-refractivity contribution is -0.141. The summed E-state index contributed by atoms with van der Waals surface area (Å²) >= 11 is 0. The van der Waals surface area contributed by atoms with E-state index in [1.807, 2.05) is 0 Å². The summed E-state index contributed by atoms with van der Waals surface area (Å²) in [5.41, 5.74) is 0.957. The molecular formula is C16H20F3N5O. The van der Waals surface area contributed by atoms with Crippen LogP contribution in [0.2, 0.25) is 0 Å². The van der Waals surface area contributed by atoms with Crippen LogP contribution in [0.25, 0.3) is 0 Å². The van der Waals surface area contributed by atoms with Crippen molar-refractivity contribution in [3.8, 4) is 0 Å². The zero-order valence-electron chi connectivity index (χ0n) is 14.4. The molecule has 0 saturated carbocycles. The highest BCUT2D eigenvalue weighted by molar-refractivity contribution is 5.44. The lowest BCUT2D eigenvalue weighted by Gasteiger charge is -2.16. The van der Waals surface area contributed by atoms with E-state index in [1.165, 1.54) is 4.90 Å². The smallest absolute Gasteiger partial charge is 0.389 e. The highest BCUT2D eigenvalue weighted by Gasteiger charge is 2.34. The molecule has 2 aromatic heterocycles. The highest BCUT2D eigenvalue weighted by atomic mass is 19.4. The molecule has 0 aromatic carbocycles. The zero-order valence-corrected chi connectivity index (χ0v) is 14.4. The number of pyridine rings is 1. The van der Waals surface area contributed by atoms with Gasteiger partial charge in [-0.15, -0.1) is 0 Å². The topological polar surface area (TPSA) is 74.2 Å². The molecule has 1 atom stereocenters. The van der Waals surface area contributed by atoms with Crippen molar-refractivity contribution < 1.29 is 18.3 Å². The Morgan fingerprint density at radius 2 is 1.88 bits per heavy atom. The number of aromatic nitrogens is 3. The van der Waals surface area contributed by atoms with Crippen LogP contribution in [0.4, 0.5) is 24.9 Å². The van der Waals surface area contributed by atoms with Gasteiger partial charge in [0.15, 0.2) is 5.69 Å². The fourth-order valence-corrected chi connectivity index (χ4v) is 2.22.